The van der Waals surface area contributed by atoms with Crippen LogP contribution >= 0.6 is 11.6 Å². The molecule has 0 unspecified atom stereocenters. The molecule has 0 amide bonds. The summed E-state index contributed by atoms with van der Waals surface area (Å²) in [5.41, 5.74) is -2.11. The third-order valence-corrected chi connectivity index (χ3v) is 3.59. The number of halogens is 4. The number of hydrogen-bond acceptors (Lipinski definition) is 3. The zero-order valence-electron chi connectivity index (χ0n) is 8.84. The molecule has 0 aromatic carbocycles. The van der Waals surface area contributed by atoms with Crippen LogP contribution in [0.4, 0.5) is 18.9 Å². The molecular formula is C7H9ClF3N3O2S. The largest absolute Gasteiger partial charge is 0.437 e. The number of alkyl halides is 3. The van der Waals surface area contributed by atoms with E-state index >= 15 is 0 Å². The lowest BCUT2D eigenvalue weighted by atomic mass is 10.4. The third-order valence-electron chi connectivity index (χ3n) is 1.88. The van der Waals surface area contributed by atoms with Crippen LogP contribution in [0.5, 0.6) is 0 Å². The van der Waals surface area contributed by atoms with E-state index in [0.29, 0.717) is 0 Å². The molecule has 1 rings (SSSR count). The second-order valence-electron chi connectivity index (χ2n) is 3.14. The number of aromatic nitrogens is 2. The zero-order valence-corrected chi connectivity index (χ0v) is 10.4. The van der Waals surface area contributed by atoms with E-state index in [1.54, 1.807) is 4.72 Å². The average Bonchev–Trinajstić information content (AvgIpc) is 2.45. The van der Waals surface area contributed by atoms with E-state index in [-0.39, 0.29) is 5.75 Å². The van der Waals surface area contributed by atoms with Crippen molar-refractivity contribution in [2.24, 2.45) is 7.05 Å². The molecule has 0 radical (unpaired) electrons. The summed E-state index contributed by atoms with van der Waals surface area (Å²) in [4.78, 5) is 0. The molecule has 5 nitrogen and oxygen atoms in total. The minimum absolute atomic E-state index is 0.366. The molecule has 0 saturated carbocycles. The Morgan fingerprint density at radius 1 is 1.47 bits per heavy atom. The molecular weight excluding hydrogens is 283 g/mol. The number of nitrogens with zero attached hydrogens (tertiary/aromatic N) is 2. The standard InChI is InChI=1S/C7H9ClF3N3O2S/c1-3-17(15,16)13-4-5(7(9,10)11)12-14(2)6(4)8/h13H,3H2,1-2H3. The molecule has 1 N–H and O–H groups in total. The maximum absolute atomic E-state index is 12.6. The molecule has 17 heavy (non-hydrogen) atoms. The summed E-state index contributed by atoms with van der Waals surface area (Å²) in [7, 11) is -2.67. The van der Waals surface area contributed by atoms with Crippen molar-refractivity contribution in [2.45, 2.75) is 13.1 Å². The van der Waals surface area contributed by atoms with Crippen LogP contribution in [0.25, 0.3) is 0 Å². The molecule has 0 bridgehead atoms. The van der Waals surface area contributed by atoms with Gasteiger partial charge in [0.15, 0.2) is 10.8 Å². The Morgan fingerprint density at radius 3 is 2.41 bits per heavy atom. The van der Waals surface area contributed by atoms with Crippen molar-refractivity contribution in [3.8, 4) is 0 Å². The van der Waals surface area contributed by atoms with Crippen LogP contribution in [0.2, 0.25) is 5.15 Å². The molecule has 0 saturated heterocycles. The quantitative estimate of drug-likeness (QED) is 0.924. The highest BCUT2D eigenvalue weighted by molar-refractivity contribution is 7.92. The summed E-state index contributed by atoms with van der Waals surface area (Å²) in [5, 5.41) is 2.71. The van der Waals surface area contributed by atoms with E-state index in [9.17, 15) is 21.6 Å². The number of aryl methyl sites for hydroxylation is 1. The fraction of sp³-hybridized carbons (Fsp3) is 0.571. The van der Waals surface area contributed by atoms with Crippen LogP contribution in [0.15, 0.2) is 0 Å². The number of sulfonamides is 1. The van der Waals surface area contributed by atoms with Crippen LogP contribution in [-0.2, 0) is 23.2 Å². The molecule has 0 spiro atoms. The maximum atomic E-state index is 12.6. The Bertz CT molecular complexity index is 523. The molecule has 1 heterocycles. The Hall–Kier alpha value is -0.960. The number of nitrogens with one attached hydrogen (secondary N) is 1. The van der Waals surface area contributed by atoms with E-state index < -0.39 is 32.7 Å². The van der Waals surface area contributed by atoms with Gasteiger partial charge in [-0.15, -0.1) is 0 Å². The monoisotopic (exact) mass is 291 g/mol. The lowest BCUT2D eigenvalue weighted by Crippen LogP contribution is -2.18. The summed E-state index contributed by atoms with van der Waals surface area (Å²) in [6.07, 6.45) is -4.78. The van der Waals surface area contributed by atoms with Gasteiger partial charge in [-0.05, 0) is 6.92 Å². The number of hydrogen-bond donors (Lipinski definition) is 1. The fourth-order valence-corrected chi connectivity index (χ4v) is 1.90. The summed E-state index contributed by atoms with van der Waals surface area (Å²) in [6.45, 7) is 1.29. The predicted molar refractivity (Wildman–Crippen MR) is 56.3 cm³/mol. The molecule has 0 aliphatic rings. The highest BCUT2D eigenvalue weighted by atomic mass is 35.5. The highest BCUT2D eigenvalue weighted by Gasteiger charge is 2.39. The predicted octanol–water partition coefficient (Wildman–Crippen LogP) is 1.85. The lowest BCUT2D eigenvalue weighted by molar-refractivity contribution is -0.140. The molecule has 98 valence electrons. The van der Waals surface area contributed by atoms with Gasteiger partial charge in [0.1, 0.15) is 5.69 Å². The van der Waals surface area contributed by atoms with Gasteiger partial charge in [0, 0.05) is 7.05 Å². The van der Waals surface area contributed by atoms with E-state index in [1.165, 1.54) is 14.0 Å². The van der Waals surface area contributed by atoms with E-state index in [4.69, 9.17) is 11.6 Å². The average molecular weight is 292 g/mol. The molecule has 1 aromatic rings. The minimum atomic E-state index is -4.78. The minimum Gasteiger partial charge on any atom is -0.278 e. The van der Waals surface area contributed by atoms with Gasteiger partial charge >= 0.3 is 6.18 Å². The summed E-state index contributed by atoms with van der Waals surface area (Å²) < 4.78 is 62.6. The molecule has 10 heteroatoms. The molecule has 1 aromatic heterocycles. The SMILES string of the molecule is CCS(=O)(=O)Nc1c(C(F)(F)F)nn(C)c1Cl. The van der Waals surface area contributed by atoms with Crippen LogP contribution in [0, 0.1) is 0 Å². The van der Waals surface area contributed by atoms with Gasteiger partial charge in [0.05, 0.1) is 5.75 Å². The lowest BCUT2D eigenvalue weighted by Gasteiger charge is -2.08. The van der Waals surface area contributed by atoms with Gasteiger partial charge in [0.2, 0.25) is 10.0 Å². The molecule has 0 atom stereocenters. The fourth-order valence-electron chi connectivity index (χ4n) is 1.02. The van der Waals surface area contributed by atoms with Gasteiger partial charge in [-0.2, -0.15) is 18.3 Å². The first-order valence-corrected chi connectivity index (χ1v) is 6.41. The summed E-state index contributed by atoms with van der Waals surface area (Å²) in [6, 6.07) is 0. The van der Waals surface area contributed by atoms with Crippen molar-refractivity contribution in [3.05, 3.63) is 10.8 Å². The van der Waals surface area contributed by atoms with Crippen LogP contribution < -0.4 is 4.72 Å². The number of rotatable bonds is 3. The van der Waals surface area contributed by atoms with E-state index in [2.05, 4.69) is 5.10 Å². The molecule has 0 aliphatic carbocycles. The van der Waals surface area contributed by atoms with Crippen LogP contribution in [-0.4, -0.2) is 24.0 Å². The first-order chi connectivity index (χ1) is 7.58. The van der Waals surface area contributed by atoms with Crippen molar-refractivity contribution in [1.82, 2.24) is 9.78 Å². The maximum Gasteiger partial charge on any atom is 0.437 e. The summed E-state index contributed by atoms with van der Waals surface area (Å²) >= 11 is 5.56. The van der Waals surface area contributed by atoms with E-state index in [1.807, 2.05) is 0 Å². The Kier molecular flexibility index (Phi) is 3.63. The van der Waals surface area contributed by atoms with Crippen LogP contribution in [0.1, 0.15) is 12.6 Å². The van der Waals surface area contributed by atoms with Crippen molar-refractivity contribution >= 4 is 27.3 Å². The highest BCUT2D eigenvalue weighted by Crippen LogP contribution is 2.38. The van der Waals surface area contributed by atoms with Gasteiger partial charge in [0.25, 0.3) is 0 Å². The topological polar surface area (TPSA) is 64.0 Å². The summed E-state index contributed by atoms with van der Waals surface area (Å²) in [5.74, 6) is -0.366. The molecule has 0 aliphatic heterocycles. The van der Waals surface area contributed by atoms with Gasteiger partial charge < -0.3 is 0 Å². The second kappa shape index (κ2) is 4.37. The smallest absolute Gasteiger partial charge is 0.278 e. The Balaban J connectivity index is 3.32. The Labute approximate surface area is 101 Å². The van der Waals surface area contributed by atoms with E-state index in [0.717, 1.165) is 4.68 Å². The van der Waals surface area contributed by atoms with Crippen molar-refractivity contribution < 1.29 is 21.6 Å². The van der Waals surface area contributed by atoms with Crippen LogP contribution in [0.3, 0.4) is 0 Å². The zero-order chi connectivity index (χ0) is 13.4. The van der Waals surface area contributed by atoms with Gasteiger partial charge in [-0.1, -0.05) is 11.6 Å². The second-order valence-corrected chi connectivity index (χ2v) is 5.51. The Morgan fingerprint density at radius 2 is 2.00 bits per heavy atom. The normalized spacial score (nSPS) is 12.8. The van der Waals surface area contributed by atoms with Gasteiger partial charge in [-0.3, -0.25) is 9.40 Å². The first kappa shape index (κ1) is 14.1. The third kappa shape index (κ3) is 3.03. The van der Waals surface area contributed by atoms with Crippen molar-refractivity contribution in [1.29, 1.82) is 0 Å². The van der Waals surface area contributed by atoms with Crippen molar-refractivity contribution in [3.63, 3.8) is 0 Å². The molecule has 0 fully saturated rings. The first-order valence-electron chi connectivity index (χ1n) is 4.38. The van der Waals surface area contributed by atoms with Gasteiger partial charge in [-0.25, -0.2) is 8.42 Å². The number of anilines is 1. The van der Waals surface area contributed by atoms with Crippen molar-refractivity contribution in [2.75, 3.05) is 10.5 Å².